The van der Waals surface area contributed by atoms with E-state index in [2.05, 4.69) is 48.1 Å². The number of esters is 1. The van der Waals surface area contributed by atoms with Crippen LogP contribution in [0.2, 0.25) is 0 Å². The van der Waals surface area contributed by atoms with Crippen molar-refractivity contribution in [3.8, 4) is 5.75 Å². The molecule has 1 aliphatic rings. The Morgan fingerprint density at radius 2 is 2.04 bits per heavy atom. The number of nitrogens with one attached hydrogen (secondary N) is 1. The number of nitrogens with zero attached hydrogens (tertiary/aromatic N) is 2. The first kappa shape index (κ1) is 23.5. The molecule has 0 radical (unpaired) electrons. The Hall–Kier alpha value is -1.51. The van der Waals surface area contributed by atoms with Gasteiger partial charge in [-0.1, -0.05) is 32.9 Å². The lowest BCUT2D eigenvalue weighted by molar-refractivity contribution is -0.145. The molecule has 1 aromatic carbocycles. The van der Waals surface area contributed by atoms with Crippen LogP contribution in [0.25, 0.3) is 0 Å². The Kier molecular flexibility index (Phi) is 8.84. The van der Waals surface area contributed by atoms with E-state index in [-0.39, 0.29) is 47.2 Å². The van der Waals surface area contributed by atoms with Crippen LogP contribution in [-0.2, 0) is 14.9 Å². The fraction of sp³-hybridized carbons (Fsp3) is 0.600. The van der Waals surface area contributed by atoms with Crippen molar-refractivity contribution >= 4 is 35.9 Å². The molecule has 0 aliphatic carbocycles. The molecular weight excluding hydrogens is 457 g/mol. The predicted octanol–water partition coefficient (Wildman–Crippen LogP) is 2.91. The van der Waals surface area contributed by atoms with Gasteiger partial charge in [0, 0.05) is 32.1 Å². The minimum absolute atomic E-state index is 0. The molecule has 6 nitrogen and oxygen atoms in total. The van der Waals surface area contributed by atoms with Gasteiger partial charge in [-0.15, -0.1) is 24.0 Å². The highest BCUT2D eigenvalue weighted by molar-refractivity contribution is 14.0. The van der Waals surface area contributed by atoms with E-state index >= 15 is 0 Å². The second kappa shape index (κ2) is 10.1. The SMILES string of the molecule is CN=C(NCC(C)(C)c1cccc(OC)c1)N1CC(C)C(C(=O)OC)C1.I. The number of hydrogen-bond donors (Lipinski definition) is 1. The zero-order valence-corrected chi connectivity index (χ0v) is 19.4. The van der Waals surface area contributed by atoms with Crippen LogP contribution in [0.15, 0.2) is 29.3 Å². The summed E-state index contributed by atoms with van der Waals surface area (Å²) in [6.07, 6.45) is 0. The van der Waals surface area contributed by atoms with Gasteiger partial charge in [0.2, 0.25) is 0 Å². The van der Waals surface area contributed by atoms with Crippen LogP contribution in [-0.4, -0.2) is 57.7 Å². The van der Waals surface area contributed by atoms with Crippen molar-refractivity contribution < 1.29 is 14.3 Å². The molecule has 0 bridgehead atoms. The van der Waals surface area contributed by atoms with E-state index in [1.54, 1.807) is 14.2 Å². The molecule has 2 atom stereocenters. The summed E-state index contributed by atoms with van der Waals surface area (Å²) in [5.41, 5.74) is 1.10. The summed E-state index contributed by atoms with van der Waals surface area (Å²) in [5.74, 6) is 1.66. The van der Waals surface area contributed by atoms with Gasteiger partial charge in [-0.2, -0.15) is 0 Å². The van der Waals surface area contributed by atoms with Crippen molar-refractivity contribution in [3.05, 3.63) is 29.8 Å². The van der Waals surface area contributed by atoms with Crippen molar-refractivity contribution in [2.45, 2.75) is 26.2 Å². The van der Waals surface area contributed by atoms with E-state index in [1.807, 2.05) is 12.1 Å². The number of benzene rings is 1. The van der Waals surface area contributed by atoms with Crippen molar-refractivity contribution in [2.75, 3.05) is 40.9 Å². The number of methoxy groups -OCH3 is 2. The number of guanidine groups is 1. The molecular formula is C20H32IN3O3. The van der Waals surface area contributed by atoms with E-state index in [0.29, 0.717) is 6.54 Å². The van der Waals surface area contributed by atoms with Crippen LogP contribution in [0.1, 0.15) is 26.3 Å². The zero-order valence-electron chi connectivity index (χ0n) is 17.1. The summed E-state index contributed by atoms with van der Waals surface area (Å²) in [7, 11) is 4.90. The maximum atomic E-state index is 11.9. The van der Waals surface area contributed by atoms with Gasteiger partial charge in [0.25, 0.3) is 0 Å². The molecule has 1 aliphatic heterocycles. The average molecular weight is 489 g/mol. The molecule has 7 heteroatoms. The minimum atomic E-state index is -0.146. The van der Waals surface area contributed by atoms with Gasteiger partial charge in [-0.05, 0) is 23.6 Å². The summed E-state index contributed by atoms with van der Waals surface area (Å²) >= 11 is 0. The number of ether oxygens (including phenoxy) is 2. The number of rotatable bonds is 5. The van der Waals surface area contributed by atoms with E-state index in [9.17, 15) is 4.79 Å². The Morgan fingerprint density at radius 1 is 1.33 bits per heavy atom. The van der Waals surface area contributed by atoms with Gasteiger partial charge in [0.05, 0.1) is 20.1 Å². The van der Waals surface area contributed by atoms with E-state index in [1.165, 1.54) is 12.7 Å². The number of aliphatic imine (C=N–C) groups is 1. The van der Waals surface area contributed by atoms with Gasteiger partial charge in [0.1, 0.15) is 5.75 Å². The van der Waals surface area contributed by atoms with Gasteiger partial charge >= 0.3 is 5.97 Å². The van der Waals surface area contributed by atoms with E-state index in [4.69, 9.17) is 9.47 Å². The van der Waals surface area contributed by atoms with Gasteiger partial charge in [-0.3, -0.25) is 9.79 Å². The van der Waals surface area contributed by atoms with Crippen molar-refractivity contribution in [3.63, 3.8) is 0 Å². The third kappa shape index (κ3) is 5.73. The summed E-state index contributed by atoms with van der Waals surface area (Å²) in [6, 6.07) is 8.13. The zero-order chi connectivity index (χ0) is 19.3. The lowest BCUT2D eigenvalue weighted by Crippen LogP contribution is -2.45. The largest absolute Gasteiger partial charge is 0.497 e. The van der Waals surface area contributed by atoms with E-state index in [0.717, 1.165) is 24.8 Å². The van der Waals surface area contributed by atoms with Crippen molar-refractivity contribution in [1.82, 2.24) is 10.2 Å². The molecule has 2 unspecified atom stereocenters. The fourth-order valence-corrected chi connectivity index (χ4v) is 3.38. The molecule has 1 N–H and O–H groups in total. The molecule has 1 heterocycles. The molecule has 1 saturated heterocycles. The fourth-order valence-electron chi connectivity index (χ4n) is 3.38. The highest BCUT2D eigenvalue weighted by atomic mass is 127. The maximum Gasteiger partial charge on any atom is 0.310 e. The van der Waals surface area contributed by atoms with Crippen LogP contribution in [0.5, 0.6) is 5.75 Å². The summed E-state index contributed by atoms with van der Waals surface area (Å²) in [4.78, 5) is 18.5. The smallest absolute Gasteiger partial charge is 0.310 e. The number of carbonyl (C=O) groups is 1. The maximum absolute atomic E-state index is 11.9. The molecule has 0 saturated carbocycles. The van der Waals surface area contributed by atoms with Crippen LogP contribution in [0, 0.1) is 11.8 Å². The summed E-state index contributed by atoms with van der Waals surface area (Å²) < 4.78 is 10.3. The standard InChI is InChI=1S/C20H31N3O3.HI/c1-14-11-23(12-17(14)18(24)26-6)19(21-4)22-13-20(2,3)15-8-7-9-16(10-15)25-5;/h7-10,14,17H,11-13H2,1-6H3,(H,21,22);1H. The average Bonchev–Trinajstić information content (AvgIpc) is 3.03. The molecule has 1 fully saturated rings. The second-order valence-corrected chi connectivity index (χ2v) is 7.53. The number of halogens is 1. The van der Waals surface area contributed by atoms with Crippen LogP contribution < -0.4 is 10.1 Å². The van der Waals surface area contributed by atoms with Crippen LogP contribution >= 0.6 is 24.0 Å². The summed E-state index contributed by atoms with van der Waals surface area (Å²) in [5, 5.41) is 3.47. The topological polar surface area (TPSA) is 63.2 Å². The first-order valence-electron chi connectivity index (χ1n) is 9.00. The molecule has 0 aromatic heterocycles. The molecule has 152 valence electrons. The number of hydrogen-bond acceptors (Lipinski definition) is 4. The summed E-state index contributed by atoms with van der Waals surface area (Å²) in [6.45, 7) is 8.60. The van der Waals surface area contributed by atoms with Gasteiger partial charge in [-0.25, -0.2) is 0 Å². The Morgan fingerprint density at radius 3 is 2.63 bits per heavy atom. The molecule has 1 aromatic rings. The Labute approximate surface area is 179 Å². The molecule has 27 heavy (non-hydrogen) atoms. The number of likely N-dealkylation sites (tertiary alicyclic amines) is 1. The van der Waals surface area contributed by atoms with E-state index < -0.39 is 0 Å². The quantitative estimate of drug-likeness (QED) is 0.298. The lowest BCUT2D eigenvalue weighted by Gasteiger charge is -2.29. The Bertz CT molecular complexity index is 664. The number of carbonyl (C=O) groups excluding carboxylic acids is 1. The van der Waals surface area contributed by atoms with Crippen molar-refractivity contribution in [1.29, 1.82) is 0 Å². The normalized spacial score (nSPS) is 20.1. The minimum Gasteiger partial charge on any atom is -0.497 e. The van der Waals surface area contributed by atoms with Crippen LogP contribution in [0.4, 0.5) is 0 Å². The predicted molar refractivity (Wildman–Crippen MR) is 119 cm³/mol. The van der Waals surface area contributed by atoms with Gasteiger partial charge in [0.15, 0.2) is 5.96 Å². The molecule has 2 rings (SSSR count). The Balaban J connectivity index is 0.00000364. The first-order valence-corrected chi connectivity index (χ1v) is 9.00. The molecule has 0 amide bonds. The van der Waals surface area contributed by atoms with Gasteiger partial charge < -0.3 is 19.7 Å². The first-order chi connectivity index (χ1) is 12.3. The van der Waals surface area contributed by atoms with Crippen molar-refractivity contribution in [2.24, 2.45) is 16.8 Å². The highest BCUT2D eigenvalue weighted by Crippen LogP contribution is 2.27. The second-order valence-electron chi connectivity index (χ2n) is 7.53. The third-order valence-corrected chi connectivity index (χ3v) is 5.17. The van der Waals surface area contributed by atoms with Crippen LogP contribution in [0.3, 0.4) is 0 Å². The lowest BCUT2D eigenvalue weighted by atomic mass is 9.84. The highest BCUT2D eigenvalue weighted by Gasteiger charge is 2.37. The molecule has 0 spiro atoms. The monoisotopic (exact) mass is 489 g/mol. The third-order valence-electron chi connectivity index (χ3n) is 5.17.